The molecule has 0 unspecified atom stereocenters. The van der Waals surface area contributed by atoms with Crippen molar-refractivity contribution in [3.05, 3.63) is 47.6 Å². The Morgan fingerprint density at radius 3 is 2.59 bits per heavy atom. The van der Waals surface area contributed by atoms with Gasteiger partial charge in [-0.25, -0.2) is 9.97 Å². The maximum absolute atomic E-state index is 10.2. The number of hydrogen-bond acceptors (Lipinski definition) is 3. The van der Waals surface area contributed by atoms with E-state index in [0.717, 1.165) is 37.0 Å². The highest BCUT2D eigenvalue weighted by Crippen LogP contribution is 2.65. The van der Waals surface area contributed by atoms with Gasteiger partial charge in [-0.05, 0) is 85.5 Å². The predicted molar refractivity (Wildman–Crippen MR) is 107 cm³/mol. The molecular formula is C24H32N2O. The van der Waals surface area contributed by atoms with E-state index >= 15 is 0 Å². The van der Waals surface area contributed by atoms with Crippen LogP contribution in [-0.4, -0.2) is 21.2 Å². The Balaban J connectivity index is 1.41. The standard InChI is InChI=1S/C24H32N2O/c1-23-9-7-19(27)12-18(23)3-5-20-21-6-4-17(11-16-13-25-15-26-14-16)24(21,2)10-8-22(20)23/h3-4,13-15,19-22,27H,5-12H2,1-2H3/t19-,20-,21-,22-,23-,24+/m0/s1. The van der Waals surface area contributed by atoms with Crippen LogP contribution < -0.4 is 0 Å². The van der Waals surface area contributed by atoms with E-state index in [0.29, 0.717) is 10.8 Å². The lowest BCUT2D eigenvalue weighted by Crippen LogP contribution is -2.50. The third kappa shape index (κ3) is 2.65. The van der Waals surface area contributed by atoms with Gasteiger partial charge >= 0.3 is 0 Å². The highest BCUT2D eigenvalue weighted by molar-refractivity contribution is 5.32. The molecule has 0 aliphatic heterocycles. The minimum atomic E-state index is -0.109. The molecule has 144 valence electrons. The lowest BCUT2D eigenvalue weighted by molar-refractivity contribution is -0.0298. The third-order valence-electron chi connectivity index (χ3n) is 8.83. The van der Waals surface area contributed by atoms with Crippen LogP contribution in [0.5, 0.6) is 0 Å². The van der Waals surface area contributed by atoms with Gasteiger partial charge in [0.15, 0.2) is 0 Å². The zero-order valence-electron chi connectivity index (χ0n) is 16.7. The Labute approximate surface area is 163 Å². The van der Waals surface area contributed by atoms with Gasteiger partial charge in [0, 0.05) is 12.4 Å². The van der Waals surface area contributed by atoms with E-state index in [1.54, 1.807) is 17.5 Å². The van der Waals surface area contributed by atoms with E-state index in [4.69, 9.17) is 0 Å². The summed E-state index contributed by atoms with van der Waals surface area (Å²) in [5.74, 6) is 2.38. The molecule has 6 atom stereocenters. The minimum Gasteiger partial charge on any atom is -0.393 e. The van der Waals surface area contributed by atoms with Crippen LogP contribution in [0.25, 0.3) is 0 Å². The normalized spacial score (nSPS) is 43.2. The van der Waals surface area contributed by atoms with E-state index < -0.39 is 0 Å². The van der Waals surface area contributed by atoms with Gasteiger partial charge in [0.2, 0.25) is 0 Å². The zero-order chi connectivity index (χ0) is 18.6. The second-order valence-corrected chi connectivity index (χ2v) is 10.0. The Morgan fingerprint density at radius 2 is 1.78 bits per heavy atom. The number of aromatic nitrogens is 2. The van der Waals surface area contributed by atoms with Gasteiger partial charge < -0.3 is 5.11 Å². The molecule has 0 bridgehead atoms. The summed E-state index contributed by atoms with van der Waals surface area (Å²) in [5.41, 5.74) is 5.11. The van der Waals surface area contributed by atoms with Gasteiger partial charge in [-0.1, -0.05) is 37.1 Å². The number of aliphatic hydroxyl groups excluding tert-OH is 1. The SMILES string of the molecule is C[C@]12CC[C@H](O)CC1=CC[C@@H]1[C@@H]2CC[C@]2(C)C(Cc3cncnc3)=CC[C@@H]12. The molecule has 4 aliphatic rings. The molecule has 0 amide bonds. The highest BCUT2D eigenvalue weighted by atomic mass is 16.3. The summed E-state index contributed by atoms with van der Waals surface area (Å²) >= 11 is 0. The van der Waals surface area contributed by atoms with Crippen molar-refractivity contribution in [1.82, 2.24) is 9.97 Å². The maximum Gasteiger partial charge on any atom is 0.115 e. The maximum atomic E-state index is 10.2. The monoisotopic (exact) mass is 364 g/mol. The zero-order valence-corrected chi connectivity index (χ0v) is 16.7. The van der Waals surface area contributed by atoms with Gasteiger partial charge in [-0.2, -0.15) is 0 Å². The summed E-state index contributed by atoms with van der Waals surface area (Å²) in [6.07, 6.45) is 19.7. The molecule has 0 saturated heterocycles. The number of nitrogens with zero attached hydrogens (tertiary/aromatic N) is 2. The second-order valence-electron chi connectivity index (χ2n) is 10.0. The average molecular weight is 365 g/mol. The van der Waals surface area contributed by atoms with Crippen LogP contribution >= 0.6 is 0 Å². The van der Waals surface area contributed by atoms with Crippen molar-refractivity contribution in [2.45, 2.75) is 71.3 Å². The summed E-state index contributed by atoms with van der Waals surface area (Å²) in [6.45, 7) is 5.04. The van der Waals surface area contributed by atoms with Crippen molar-refractivity contribution in [3.8, 4) is 0 Å². The van der Waals surface area contributed by atoms with Crippen LogP contribution in [0.1, 0.15) is 64.4 Å². The number of aliphatic hydroxyl groups is 1. The van der Waals surface area contributed by atoms with Gasteiger partial charge in [0.1, 0.15) is 6.33 Å². The third-order valence-corrected chi connectivity index (χ3v) is 8.83. The summed E-state index contributed by atoms with van der Waals surface area (Å²) in [4.78, 5) is 8.43. The lowest BCUT2D eigenvalue weighted by Gasteiger charge is -2.57. The van der Waals surface area contributed by atoms with Crippen LogP contribution in [-0.2, 0) is 6.42 Å². The Hall–Kier alpha value is -1.48. The summed E-state index contributed by atoms with van der Waals surface area (Å²) in [6, 6.07) is 0. The topological polar surface area (TPSA) is 46.0 Å². The molecule has 1 N–H and O–H groups in total. The highest BCUT2D eigenvalue weighted by Gasteiger charge is 2.56. The van der Waals surface area contributed by atoms with Crippen molar-refractivity contribution in [1.29, 1.82) is 0 Å². The van der Waals surface area contributed by atoms with Crippen molar-refractivity contribution >= 4 is 0 Å². The van der Waals surface area contributed by atoms with E-state index in [9.17, 15) is 5.11 Å². The first kappa shape index (κ1) is 17.6. The molecule has 1 heterocycles. The quantitative estimate of drug-likeness (QED) is 0.761. The molecule has 0 spiro atoms. The summed E-state index contributed by atoms with van der Waals surface area (Å²) in [7, 11) is 0. The van der Waals surface area contributed by atoms with Crippen molar-refractivity contribution < 1.29 is 5.11 Å². The number of hydrogen-bond donors (Lipinski definition) is 1. The molecule has 0 aromatic carbocycles. The van der Waals surface area contributed by atoms with Crippen LogP contribution in [0.15, 0.2) is 42.0 Å². The van der Waals surface area contributed by atoms with Gasteiger partial charge in [-0.15, -0.1) is 0 Å². The van der Waals surface area contributed by atoms with E-state index in [-0.39, 0.29) is 6.10 Å². The Bertz CT molecular complexity index is 785. The van der Waals surface area contributed by atoms with Crippen molar-refractivity contribution in [2.24, 2.45) is 28.6 Å². The molecular weight excluding hydrogens is 332 g/mol. The number of rotatable bonds is 2. The Kier molecular flexibility index (Phi) is 4.09. The molecule has 5 rings (SSSR count). The molecule has 1 aromatic rings. The average Bonchev–Trinajstić information content (AvgIpc) is 3.00. The lowest BCUT2D eigenvalue weighted by atomic mass is 9.47. The van der Waals surface area contributed by atoms with Gasteiger partial charge in [0.05, 0.1) is 6.10 Å². The van der Waals surface area contributed by atoms with Crippen molar-refractivity contribution in [2.75, 3.05) is 0 Å². The smallest absolute Gasteiger partial charge is 0.115 e. The van der Waals surface area contributed by atoms with E-state index in [1.807, 2.05) is 12.4 Å². The predicted octanol–water partition coefficient (Wildman–Crippen LogP) is 4.88. The van der Waals surface area contributed by atoms with Gasteiger partial charge in [0.25, 0.3) is 0 Å². The van der Waals surface area contributed by atoms with E-state index in [2.05, 4.69) is 36.0 Å². The molecule has 3 heteroatoms. The van der Waals surface area contributed by atoms with Crippen LogP contribution in [0.2, 0.25) is 0 Å². The summed E-state index contributed by atoms with van der Waals surface area (Å²) in [5, 5.41) is 10.2. The molecule has 3 nitrogen and oxygen atoms in total. The van der Waals surface area contributed by atoms with Crippen molar-refractivity contribution in [3.63, 3.8) is 0 Å². The second kappa shape index (κ2) is 6.27. The fraction of sp³-hybridized carbons (Fsp3) is 0.667. The molecule has 1 aromatic heterocycles. The molecule has 2 saturated carbocycles. The minimum absolute atomic E-state index is 0.109. The summed E-state index contributed by atoms with van der Waals surface area (Å²) < 4.78 is 0. The fourth-order valence-corrected chi connectivity index (χ4v) is 7.21. The van der Waals surface area contributed by atoms with Crippen LogP contribution in [0, 0.1) is 28.6 Å². The van der Waals surface area contributed by atoms with Crippen LogP contribution in [0.4, 0.5) is 0 Å². The first-order valence-corrected chi connectivity index (χ1v) is 10.8. The van der Waals surface area contributed by atoms with Gasteiger partial charge in [-0.3, -0.25) is 0 Å². The Morgan fingerprint density at radius 1 is 1.00 bits per heavy atom. The number of allylic oxidation sites excluding steroid dienone is 3. The molecule has 0 radical (unpaired) electrons. The first-order valence-electron chi connectivity index (χ1n) is 10.8. The fourth-order valence-electron chi connectivity index (χ4n) is 7.21. The molecule has 27 heavy (non-hydrogen) atoms. The number of fused-ring (bicyclic) bond motifs is 5. The largest absolute Gasteiger partial charge is 0.393 e. The molecule has 2 fully saturated rings. The van der Waals surface area contributed by atoms with E-state index in [1.165, 1.54) is 37.7 Å². The first-order chi connectivity index (χ1) is 13.0. The molecule has 4 aliphatic carbocycles. The van der Waals surface area contributed by atoms with Crippen LogP contribution in [0.3, 0.4) is 0 Å².